The van der Waals surface area contributed by atoms with Gasteiger partial charge >= 0.3 is 24.3 Å². The van der Waals surface area contributed by atoms with Gasteiger partial charge in [0.25, 0.3) is 5.91 Å². The fourth-order valence-electron chi connectivity index (χ4n) is 5.49. The second-order valence-electron chi connectivity index (χ2n) is 12.9. The number of carbonyl (C=O) groups is 6. The van der Waals surface area contributed by atoms with Gasteiger partial charge in [-0.05, 0) is 29.5 Å². The molecule has 18 nitrogen and oxygen atoms in total. The summed E-state index contributed by atoms with van der Waals surface area (Å²) >= 11 is 0. The van der Waals surface area contributed by atoms with E-state index in [4.69, 9.17) is 19.9 Å². The average Bonchev–Trinajstić information content (AvgIpc) is 3.20. The zero-order valence-corrected chi connectivity index (χ0v) is 32.0. The summed E-state index contributed by atoms with van der Waals surface area (Å²) in [5.74, 6) is -1.26. The van der Waals surface area contributed by atoms with Crippen LogP contribution in [-0.2, 0) is 43.6 Å². The Morgan fingerprint density at radius 1 is 0.842 bits per heavy atom. The number of guanidine groups is 2. The van der Waals surface area contributed by atoms with E-state index in [1.165, 1.54) is 19.0 Å². The number of hydrogen-bond donors (Lipinski definition) is 4. The van der Waals surface area contributed by atoms with E-state index in [2.05, 4.69) is 25.9 Å². The van der Waals surface area contributed by atoms with Gasteiger partial charge in [-0.1, -0.05) is 91.0 Å². The molecule has 0 saturated heterocycles. The third kappa shape index (κ3) is 14.3. The van der Waals surface area contributed by atoms with E-state index in [-0.39, 0.29) is 57.7 Å². The number of carbonyl (C=O) groups excluding carboxylic acids is 6. The molecule has 302 valence electrons. The number of rotatable bonds is 14. The van der Waals surface area contributed by atoms with Gasteiger partial charge in [0.15, 0.2) is 0 Å². The number of aliphatic imine (C=N–C) groups is 2. The van der Waals surface area contributed by atoms with E-state index in [1.54, 1.807) is 60.5 Å². The fourth-order valence-corrected chi connectivity index (χ4v) is 5.49. The lowest BCUT2D eigenvalue weighted by Crippen LogP contribution is -2.58. The summed E-state index contributed by atoms with van der Waals surface area (Å²) in [6.45, 7) is -0.0137. The number of nitrogens with two attached hydrogens (primary N) is 1. The maximum Gasteiger partial charge on any atom is 0.437 e. The fraction of sp³-hybridized carbons (Fsp3) is 0.333. The normalized spacial score (nSPS) is 14.2. The molecule has 7 amide bonds. The van der Waals surface area contributed by atoms with Crippen molar-refractivity contribution in [1.82, 2.24) is 30.7 Å². The van der Waals surface area contributed by atoms with Gasteiger partial charge in [0.2, 0.25) is 17.8 Å². The zero-order valence-electron chi connectivity index (χ0n) is 32.0. The molecule has 0 fully saturated rings. The molecule has 1 aliphatic rings. The van der Waals surface area contributed by atoms with Gasteiger partial charge in [0, 0.05) is 40.2 Å². The van der Waals surface area contributed by atoms with E-state index in [0.29, 0.717) is 6.42 Å². The van der Waals surface area contributed by atoms with Gasteiger partial charge in [0.1, 0.15) is 25.9 Å². The molecule has 0 radical (unpaired) electrons. The Morgan fingerprint density at radius 3 is 1.93 bits per heavy atom. The van der Waals surface area contributed by atoms with Crippen LogP contribution < -0.4 is 21.7 Å². The molecular formula is C39H47N9O9. The molecule has 3 aromatic carbocycles. The number of amides is 7. The second-order valence-corrected chi connectivity index (χ2v) is 12.9. The van der Waals surface area contributed by atoms with E-state index in [1.807, 2.05) is 42.5 Å². The number of hydrogen-bond acceptors (Lipinski definition) is 10. The number of benzene rings is 3. The Labute approximate surface area is 330 Å². The average molecular weight is 786 g/mol. The lowest BCUT2D eigenvalue weighted by molar-refractivity contribution is -0.138. The Kier molecular flexibility index (Phi) is 16.3. The van der Waals surface area contributed by atoms with Crippen molar-refractivity contribution in [3.63, 3.8) is 0 Å². The summed E-state index contributed by atoms with van der Waals surface area (Å²) in [6, 6.07) is 24.5. The first kappa shape index (κ1) is 42.8. The third-order valence-corrected chi connectivity index (χ3v) is 8.59. The maximum absolute atomic E-state index is 13.5. The SMILES string of the molecule is CN(CCC[C@@H](CC(=O)N(C)C1CN=C(NC(N)=O)NC1=O)NC(=O)OCc1ccccc1)/C(=N/C(=O)OCc1ccccc1)N(C)C(=O)OCc1ccccc1. The molecule has 0 saturated carbocycles. The minimum absolute atomic E-state index is 0.00912. The topological polar surface area (TPSA) is 227 Å². The molecule has 5 N–H and O–H groups in total. The highest BCUT2D eigenvalue weighted by Crippen LogP contribution is 2.13. The Bertz CT molecular complexity index is 1900. The minimum Gasteiger partial charge on any atom is -0.445 e. The highest BCUT2D eigenvalue weighted by atomic mass is 16.6. The standard InChI is InChI=1S/C39H47N9O9/c1-46(36(45-38(53)56-25-28-16-9-5-10-17-28)48(3)39(54)57-26-29-18-11-6-12-19-29)21-13-20-30(42-37(52)55-24-27-14-7-4-8-15-27)22-32(49)47(2)31-23-41-35(43-33(31)50)44-34(40)51/h4-12,14-19,30-31H,13,20-26H2,1-3H3,(H,42,52)(H4,40,41,43,44,50,51)/b45-36-/t30-,31?/m0/s1. The summed E-state index contributed by atoms with van der Waals surface area (Å²) in [5, 5.41) is 7.34. The van der Waals surface area contributed by atoms with Crippen LogP contribution >= 0.6 is 0 Å². The van der Waals surface area contributed by atoms with Crippen LogP contribution in [-0.4, -0.2) is 109 Å². The van der Waals surface area contributed by atoms with E-state index in [9.17, 15) is 28.8 Å². The highest BCUT2D eigenvalue weighted by Gasteiger charge is 2.32. The van der Waals surface area contributed by atoms with Crippen molar-refractivity contribution in [3.05, 3.63) is 108 Å². The second kappa shape index (κ2) is 21.8. The van der Waals surface area contributed by atoms with Crippen molar-refractivity contribution >= 4 is 48.0 Å². The maximum atomic E-state index is 13.5. The first-order valence-electron chi connectivity index (χ1n) is 18.0. The molecule has 1 aliphatic heterocycles. The van der Waals surface area contributed by atoms with Gasteiger partial charge in [0.05, 0.1) is 6.54 Å². The first-order valence-corrected chi connectivity index (χ1v) is 18.0. The number of ether oxygens (including phenoxy) is 3. The molecule has 2 atom stereocenters. The third-order valence-electron chi connectivity index (χ3n) is 8.59. The largest absolute Gasteiger partial charge is 0.445 e. The number of alkyl carbamates (subject to hydrolysis) is 1. The van der Waals surface area contributed by atoms with Crippen LogP contribution in [0.5, 0.6) is 0 Å². The summed E-state index contributed by atoms with van der Waals surface area (Å²) in [7, 11) is 4.45. The van der Waals surface area contributed by atoms with E-state index in [0.717, 1.165) is 21.6 Å². The van der Waals surface area contributed by atoms with Crippen molar-refractivity contribution in [3.8, 4) is 0 Å². The van der Waals surface area contributed by atoms with Crippen LogP contribution in [0, 0.1) is 0 Å². The molecule has 1 unspecified atom stereocenters. The van der Waals surface area contributed by atoms with Gasteiger partial charge in [-0.3, -0.25) is 25.1 Å². The van der Waals surface area contributed by atoms with Gasteiger partial charge in [-0.25, -0.2) is 24.2 Å². The van der Waals surface area contributed by atoms with Gasteiger partial charge in [-0.15, -0.1) is 4.99 Å². The summed E-state index contributed by atoms with van der Waals surface area (Å²) in [4.78, 5) is 88.5. The van der Waals surface area contributed by atoms with Crippen molar-refractivity contribution < 1.29 is 43.0 Å². The Balaban J connectivity index is 1.44. The van der Waals surface area contributed by atoms with Crippen LogP contribution in [0.25, 0.3) is 0 Å². The predicted octanol–water partition coefficient (Wildman–Crippen LogP) is 3.33. The lowest BCUT2D eigenvalue weighted by atomic mass is 10.1. The molecule has 57 heavy (non-hydrogen) atoms. The Hall–Kier alpha value is -6.98. The summed E-state index contributed by atoms with van der Waals surface area (Å²) in [5.41, 5.74) is 7.37. The van der Waals surface area contributed by atoms with Gasteiger partial charge < -0.3 is 35.1 Å². The number of nitrogens with zero attached hydrogens (tertiary/aromatic N) is 5. The van der Waals surface area contributed by atoms with E-state index < -0.39 is 48.2 Å². The highest BCUT2D eigenvalue weighted by molar-refractivity contribution is 6.07. The number of likely N-dealkylation sites (N-methyl/N-ethyl adjacent to an activating group) is 1. The molecule has 1 heterocycles. The van der Waals surface area contributed by atoms with Crippen molar-refractivity contribution in [1.29, 1.82) is 0 Å². The van der Waals surface area contributed by atoms with Crippen molar-refractivity contribution in [2.24, 2.45) is 15.7 Å². The first-order chi connectivity index (χ1) is 27.4. The molecule has 18 heteroatoms. The zero-order chi connectivity index (χ0) is 41.2. The molecule has 0 aliphatic carbocycles. The van der Waals surface area contributed by atoms with Crippen molar-refractivity contribution in [2.45, 2.75) is 51.2 Å². The summed E-state index contributed by atoms with van der Waals surface area (Å²) < 4.78 is 16.3. The molecule has 4 rings (SSSR count). The van der Waals surface area contributed by atoms with E-state index >= 15 is 0 Å². The lowest BCUT2D eigenvalue weighted by Gasteiger charge is -2.31. The monoisotopic (exact) mass is 785 g/mol. The predicted molar refractivity (Wildman–Crippen MR) is 208 cm³/mol. The van der Waals surface area contributed by atoms with Gasteiger partial charge in [-0.2, -0.15) is 0 Å². The van der Waals surface area contributed by atoms with Crippen LogP contribution in [0.3, 0.4) is 0 Å². The quantitative estimate of drug-likeness (QED) is 0.106. The molecule has 0 aromatic heterocycles. The summed E-state index contributed by atoms with van der Waals surface area (Å²) in [6.07, 6.45) is -2.16. The smallest absolute Gasteiger partial charge is 0.437 e. The number of primary amides is 1. The van der Waals surface area contributed by atoms with Crippen LogP contribution in [0.15, 0.2) is 101 Å². The minimum atomic E-state index is -0.995. The molecule has 0 spiro atoms. The van der Waals surface area contributed by atoms with Crippen LogP contribution in [0.2, 0.25) is 0 Å². The number of urea groups is 1. The molecule has 3 aromatic rings. The van der Waals surface area contributed by atoms with Crippen LogP contribution in [0.1, 0.15) is 36.0 Å². The molecule has 0 bridgehead atoms. The van der Waals surface area contributed by atoms with Crippen LogP contribution in [0.4, 0.5) is 19.2 Å². The van der Waals surface area contributed by atoms with Crippen molar-refractivity contribution in [2.75, 3.05) is 34.2 Å². The number of nitrogens with one attached hydrogen (secondary N) is 3. The molecular weight excluding hydrogens is 738 g/mol. The Morgan fingerprint density at radius 2 is 1.39 bits per heavy atom.